The Labute approximate surface area is 267 Å². The van der Waals surface area contributed by atoms with Crippen molar-refractivity contribution < 1.29 is 33.6 Å². The van der Waals surface area contributed by atoms with Crippen molar-refractivity contribution in [3.63, 3.8) is 0 Å². The highest BCUT2D eigenvalue weighted by molar-refractivity contribution is 6.32. The SMILES string of the molecule is Cc1cccc(C2C3=CCC4C(=O)N(c5cccc([N+](=O)[O-])c5)C(=O)C4C3CC3C(=O)N(c4ccc(F)c(Cl)c4)C(=O)C32C)c1O. The Morgan fingerprint density at radius 1 is 0.957 bits per heavy atom. The second kappa shape index (κ2) is 10.3. The van der Waals surface area contributed by atoms with Crippen molar-refractivity contribution in [2.24, 2.45) is 29.1 Å². The minimum Gasteiger partial charge on any atom is -0.507 e. The number of phenols is 1. The van der Waals surface area contributed by atoms with Crippen LogP contribution in [0.5, 0.6) is 5.75 Å². The Hall–Kier alpha value is -4.90. The number of amides is 4. The monoisotopic (exact) mass is 643 g/mol. The molecule has 2 aliphatic heterocycles. The fourth-order valence-electron chi connectivity index (χ4n) is 8.14. The Morgan fingerprint density at radius 3 is 2.39 bits per heavy atom. The number of nitro benzene ring substituents is 1. The molecule has 2 heterocycles. The van der Waals surface area contributed by atoms with Gasteiger partial charge in [0.1, 0.15) is 11.6 Å². The van der Waals surface area contributed by atoms with E-state index in [2.05, 4.69) is 0 Å². The summed E-state index contributed by atoms with van der Waals surface area (Å²) < 4.78 is 14.1. The Bertz CT molecular complexity index is 1950. The smallest absolute Gasteiger partial charge is 0.271 e. The van der Waals surface area contributed by atoms with Gasteiger partial charge in [0.2, 0.25) is 23.6 Å². The van der Waals surface area contributed by atoms with Gasteiger partial charge in [0.05, 0.1) is 44.5 Å². The number of imide groups is 2. The van der Waals surface area contributed by atoms with Crippen molar-refractivity contribution in [1.82, 2.24) is 0 Å². The van der Waals surface area contributed by atoms with Gasteiger partial charge in [-0.3, -0.25) is 29.3 Å². The van der Waals surface area contributed by atoms with Crippen molar-refractivity contribution in [3.05, 3.63) is 104 Å². The van der Waals surface area contributed by atoms with Gasteiger partial charge in [-0.2, -0.15) is 0 Å². The zero-order chi connectivity index (χ0) is 32.8. The van der Waals surface area contributed by atoms with Crippen LogP contribution in [0.25, 0.3) is 0 Å². The van der Waals surface area contributed by atoms with E-state index in [9.17, 15) is 38.8 Å². The molecule has 3 fully saturated rings. The number of anilines is 2. The molecule has 46 heavy (non-hydrogen) atoms. The van der Waals surface area contributed by atoms with Gasteiger partial charge in [-0.25, -0.2) is 14.2 Å². The summed E-state index contributed by atoms with van der Waals surface area (Å²) in [6.07, 6.45) is 2.07. The molecule has 234 valence electrons. The first-order valence-corrected chi connectivity index (χ1v) is 15.2. The molecule has 6 unspecified atom stereocenters. The fraction of sp³-hybridized carbons (Fsp3) is 0.294. The molecule has 0 aromatic heterocycles. The summed E-state index contributed by atoms with van der Waals surface area (Å²) in [6, 6.07) is 14.1. The van der Waals surface area contributed by atoms with Crippen LogP contribution in [0, 0.1) is 51.9 Å². The van der Waals surface area contributed by atoms with Gasteiger partial charge >= 0.3 is 0 Å². The molecule has 1 saturated carbocycles. The van der Waals surface area contributed by atoms with Crippen LogP contribution in [0.15, 0.2) is 72.3 Å². The molecule has 2 aliphatic carbocycles. The highest BCUT2D eigenvalue weighted by Crippen LogP contribution is 2.64. The number of aryl methyl sites for hydroxylation is 1. The molecule has 12 heteroatoms. The van der Waals surface area contributed by atoms with E-state index in [0.717, 1.165) is 15.9 Å². The standard InChI is InChI=1S/C34H27ClFN3O7/c1-16-5-3-8-22(29(16)40)28-20-10-11-21-27(32(43)37(30(21)41)17-6-4-7-19(13-17)39(45)46)23(20)15-24-31(42)38(33(44)34(24,28)2)18-9-12-26(36)25(35)14-18/h3-10,12-14,21,23-24,27-28,40H,11,15H2,1-2H3. The third kappa shape index (κ3) is 4.00. The first-order chi connectivity index (χ1) is 21.9. The van der Waals surface area contributed by atoms with Crippen LogP contribution in [-0.4, -0.2) is 33.7 Å². The molecular formula is C34H27ClFN3O7. The Kier molecular flexibility index (Phi) is 6.68. The van der Waals surface area contributed by atoms with E-state index in [1.54, 1.807) is 32.0 Å². The molecule has 4 amide bonds. The summed E-state index contributed by atoms with van der Waals surface area (Å²) >= 11 is 6.04. The first kappa shape index (κ1) is 29.8. The number of para-hydroxylation sites is 1. The van der Waals surface area contributed by atoms with E-state index in [1.807, 2.05) is 6.08 Å². The zero-order valence-corrected chi connectivity index (χ0v) is 25.4. The van der Waals surface area contributed by atoms with Crippen LogP contribution >= 0.6 is 11.6 Å². The largest absolute Gasteiger partial charge is 0.507 e. The van der Waals surface area contributed by atoms with Crippen LogP contribution in [-0.2, 0) is 19.2 Å². The minimum absolute atomic E-state index is 0.0493. The molecule has 7 rings (SSSR count). The summed E-state index contributed by atoms with van der Waals surface area (Å²) in [7, 11) is 0. The average Bonchev–Trinajstić information content (AvgIpc) is 3.40. The molecule has 6 atom stereocenters. The minimum atomic E-state index is -1.41. The molecule has 0 bridgehead atoms. The number of nitrogens with zero attached hydrogens (tertiary/aromatic N) is 3. The second-order valence-electron chi connectivity index (χ2n) is 12.6. The van der Waals surface area contributed by atoms with Gasteiger partial charge in [-0.15, -0.1) is 0 Å². The maximum Gasteiger partial charge on any atom is 0.271 e. The fourth-order valence-corrected chi connectivity index (χ4v) is 8.32. The van der Waals surface area contributed by atoms with Gasteiger partial charge in [0, 0.05) is 23.6 Å². The van der Waals surface area contributed by atoms with E-state index in [0.29, 0.717) is 16.7 Å². The highest BCUT2D eigenvalue weighted by atomic mass is 35.5. The van der Waals surface area contributed by atoms with Crippen molar-refractivity contribution in [3.8, 4) is 5.75 Å². The molecule has 0 spiro atoms. The normalized spacial score (nSPS) is 28.6. The number of hydrogen-bond acceptors (Lipinski definition) is 7. The zero-order valence-electron chi connectivity index (χ0n) is 24.6. The summed E-state index contributed by atoms with van der Waals surface area (Å²) in [5.41, 5.74) is 0.132. The summed E-state index contributed by atoms with van der Waals surface area (Å²) in [4.78, 5) is 69.5. The van der Waals surface area contributed by atoms with Crippen molar-refractivity contribution in [2.45, 2.75) is 32.6 Å². The number of carbonyl (C=O) groups excluding carboxylic acids is 4. The van der Waals surface area contributed by atoms with E-state index < -0.39 is 69.4 Å². The van der Waals surface area contributed by atoms with Gasteiger partial charge in [0.25, 0.3) is 5.69 Å². The van der Waals surface area contributed by atoms with Gasteiger partial charge in [-0.1, -0.05) is 47.5 Å². The Morgan fingerprint density at radius 2 is 1.67 bits per heavy atom. The van der Waals surface area contributed by atoms with E-state index in [1.165, 1.54) is 36.4 Å². The van der Waals surface area contributed by atoms with E-state index >= 15 is 0 Å². The lowest BCUT2D eigenvalue weighted by Crippen LogP contribution is -2.49. The van der Waals surface area contributed by atoms with E-state index in [4.69, 9.17) is 11.6 Å². The molecule has 3 aromatic rings. The number of allylic oxidation sites excluding steroid dienone is 2. The molecule has 3 aromatic carbocycles. The molecule has 4 aliphatic rings. The van der Waals surface area contributed by atoms with Crippen LogP contribution < -0.4 is 9.80 Å². The summed E-state index contributed by atoms with van der Waals surface area (Å²) in [5, 5.41) is 22.5. The lowest BCUT2D eigenvalue weighted by atomic mass is 9.51. The van der Waals surface area contributed by atoms with Crippen LogP contribution in [0.2, 0.25) is 5.02 Å². The van der Waals surface area contributed by atoms with Crippen molar-refractivity contribution >= 4 is 52.3 Å². The molecular weight excluding hydrogens is 617 g/mol. The highest BCUT2D eigenvalue weighted by Gasteiger charge is 2.68. The number of non-ortho nitro benzene ring substituents is 1. The molecule has 0 radical (unpaired) electrons. The number of nitro groups is 1. The van der Waals surface area contributed by atoms with Gasteiger partial charge < -0.3 is 5.11 Å². The molecule has 2 saturated heterocycles. The quantitative estimate of drug-likeness (QED) is 0.163. The molecule has 1 N–H and O–H groups in total. The van der Waals surface area contributed by atoms with Crippen molar-refractivity contribution in [1.29, 1.82) is 0 Å². The van der Waals surface area contributed by atoms with Crippen molar-refractivity contribution in [2.75, 3.05) is 9.80 Å². The van der Waals surface area contributed by atoms with E-state index in [-0.39, 0.29) is 40.7 Å². The number of hydrogen-bond donors (Lipinski definition) is 1. The molecule has 10 nitrogen and oxygen atoms in total. The van der Waals surface area contributed by atoms with Crippen LogP contribution in [0.3, 0.4) is 0 Å². The second-order valence-corrected chi connectivity index (χ2v) is 13.0. The summed E-state index contributed by atoms with van der Waals surface area (Å²) in [5.74, 6) is -7.05. The average molecular weight is 644 g/mol. The maximum absolute atomic E-state index is 14.5. The lowest BCUT2D eigenvalue weighted by Gasteiger charge is -2.49. The predicted molar refractivity (Wildman–Crippen MR) is 164 cm³/mol. The maximum atomic E-state index is 14.5. The third-order valence-electron chi connectivity index (χ3n) is 10.3. The number of carbonyl (C=O) groups is 4. The first-order valence-electron chi connectivity index (χ1n) is 14.8. The van der Waals surface area contributed by atoms with Crippen LogP contribution in [0.1, 0.15) is 36.8 Å². The number of phenolic OH excluding ortho intramolecular Hbond substituents is 1. The topological polar surface area (TPSA) is 138 Å². The van der Waals surface area contributed by atoms with Gasteiger partial charge in [0.15, 0.2) is 0 Å². The Balaban J connectivity index is 1.37. The lowest BCUT2D eigenvalue weighted by molar-refractivity contribution is -0.384. The number of benzene rings is 3. The number of aromatic hydroxyl groups is 1. The number of fused-ring (bicyclic) bond motifs is 4. The summed E-state index contributed by atoms with van der Waals surface area (Å²) in [6.45, 7) is 3.39. The number of halogens is 2. The van der Waals surface area contributed by atoms with Gasteiger partial charge in [-0.05, 0) is 62.4 Å². The predicted octanol–water partition coefficient (Wildman–Crippen LogP) is 5.84. The third-order valence-corrected chi connectivity index (χ3v) is 10.6. The van der Waals surface area contributed by atoms with Crippen LogP contribution in [0.4, 0.5) is 21.5 Å². The number of rotatable bonds is 4.